The predicted octanol–water partition coefficient (Wildman–Crippen LogP) is 1.92. The highest BCUT2D eigenvalue weighted by molar-refractivity contribution is 5.94. The monoisotopic (exact) mass is 295 g/mol. The van der Waals surface area contributed by atoms with Crippen LogP contribution in [0.1, 0.15) is 28.4 Å². The highest BCUT2D eigenvalue weighted by Gasteiger charge is 2.22. The Labute approximate surface area is 129 Å². The molecule has 0 aliphatic carbocycles. The van der Waals surface area contributed by atoms with Crippen molar-refractivity contribution in [3.05, 3.63) is 59.4 Å². The third-order valence-corrected chi connectivity index (χ3v) is 3.80. The molecule has 0 radical (unpaired) electrons. The van der Waals surface area contributed by atoms with E-state index in [2.05, 4.69) is 16.4 Å². The second kappa shape index (κ2) is 5.97. The van der Waals surface area contributed by atoms with E-state index in [0.717, 1.165) is 29.8 Å². The molecule has 0 bridgehead atoms. The first-order valence-electron chi connectivity index (χ1n) is 7.23. The van der Waals surface area contributed by atoms with Gasteiger partial charge in [-0.1, -0.05) is 12.1 Å². The molecule has 1 N–H and O–H groups in total. The summed E-state index contributed by atoms with van der Waals surface area (Å²) in [6, 6.07) is 9.43. The maximum Gasteiger partial charge on any atom is 0.253 e. The number of fused-ring (bicyclic) bond motifs is 1. The number of carbonyl (C=O) groups is 2. The zero-order valence-corrected chi connectivity index (χ0v) is 12.4. The van der Waals surface area contributed by atoms with Gasteiger partial charge < -0.3 is 10.2 Å². The Balaban J connectivity index is 1.68. The van der Waals surface area contributed by atoms with E-state index >= 15 is 0 Å². The van der Waals surface area contributed by atoms with E-state index in [1.165, 1.54) is 0 Å². The van der Waals surface area contributed by atoms with Gasteiger partial charge in [-0.15, -0.1) is 0 Å². The van der Waals surface area contributed by atoms with E-state index in [4.69, 9.17) is 0 Å². The number of aromatic nitrogens is 1. The molecule has 1 aliphatic heterocycles. The normalized spacial score (nSPS) is 12.9. The fraction of sp³-hybridized carbons (Fsp3) is 0.235. The van der Waals surface area contributed by atoms with Crippen molar-refractivity contribution in [1.29, 1.82) is 0 Å². The summed E-state index contributed by atoms with van der Waals surface area (Å²) in [7, 11) is 0. The Hall–Kier alpha value is -2.69. The maximum atomic E-state index is 12.0. The van der Waals surface area contributed by atoms with Gasteiger partial charge in [0.1, 0.15) is 0 Å². The van der Waals surface area contributed by atoms with Crippen molar-refractivity contribution in [2.24, 2.45) is 0 Å². The summed E-state index contributed by atoms with van der Waals surface area (Å²) < 4.78 is 0. The molecule has 1 aliphatic rings. The summed E-state index contributed by atoms with van der Waals surface area (Å²) in [5, 5.41) is 2.88. The van der Waals surface area contributed by atoms with Gasteiger partial charge in [0.05, 0.1) is 5.56 Å². The van der Waals surface area contributed by atoms with Gasteiger partial charge in [0.15, 0.2) is 0 Å². The number of amides is 2. The number of rotatable bonds is 3. The van der Waals surface area contributed by atoms with Crippen LogP contribution in [0.3, 0.4) is 0 Å². The molecule has 5 heteroatoms. The van der Waals surface area contributed by atoms with Crippen LogP contribution in [-0.4, -0.2) is 23.3 Å². The number of anilines is 1. The Bertz CT molecular complexity index is 713. The lowest BCUT2D eigenvalue weighted by Gasteiger charge is -2.15. The van der Waals surface area contributed by atoms with Crippen LogP contribution in [-0.2, 0) is 17.8 Å². The molecular weight excluding hydrogens is 278 g/mol. The van der Waals surface area contributed by atoms with Crippen molar-refractivity contribution in [3.63, 3.8) is 0 Å². The highest BCUT2D eigenvalue weighted by atomic mass is 16.2. The molecule has 1 aromatic carbocycles. The predicted molar refractivity (Wildman–Crippen MR) is 83.6 cm³/mol. The quantitative estimate of drug-likeness (QED) is 0.941. The zero-order chi connectivity index (χ0) is 15.5. The Kier molecular flexibility index (Phi) is 3.87. The Morgan fingerprint density at radius 1 is 1.32 bits per heavy atom. The van der Waals surface area contributed by atoms with Crippen LogP contribution in [0.2, 0.25) is 0 Å². The molecule has 2 aromatic rings. The van der Waals surface area contributed by atoms with Crippen LogP contribution >= 0.6 is 0 Å². The second-order valence-corrected chi connectivity index (χ2v) is 5.31. The fourth-order valence-corrected chi connectivity index (χ4v) is 2.67. The average molecular weight is 295 g/mol. The molecular formula is C17H17N3O2. The van der Waals surface area contributed by atoms with Crippen molar-refractivity contribution in [3.8, 4) is 0 Å². The first-order chi connectivity index (χ1) is 10.6. The van der Waals surface area contributed by atoms with Gasteiger partial charge in [-0.2, -0.15) is 0 Å². The molecule has 1 aromatic heterocycles. The van der Waals surface area contributed by atoms with Crippen molar-refractivity contribution < 1.29 is 9.59 Å². The van der Waals surface area contributed by atoms with Crippen LogP contribution in [0.5, 0.6) is 0 Å². The van der Waals surface area contributed by atoms with Crippen molar-refractivity contribution in [2.45, 2.75) is 19.9 Å². The minimum atomic E-state index is -0.140. The first kappa shape index (κ1) is 14.3. The largest absolute Gasteiger partial charge is 0.348 e. The van der Waals surface area contributed by atoms with Gasteiger partial charge >= 0.3 is 0 Å². The van der Waals surface area contributed by atoms with Crippen molar-refractivity contribution in [2.75, 3.05) is 11.4 Å². The van der Waals surface area contributed by atoms with E-state index in [9.17, 15) is 9.59 Å². The third kappa shape index (κ3) is 2.83. The van der Waals surface area contributed by atoms with Crippen LogP contribution in [0.15, 0.2) is 42.7 Å². The lowest BCUT2D eigenvalue weighted by molar-refractivity contribution is -0.116. The molecule has 0 spiro atoms. The molecule has 0 saturated carbocycles. The second-order valence-electron chi connectivity index (χ2n) is 5.31. The Morgan fingerprint density at radius 2 is 2.18 bits per heavy atom. The summed E-state index contributed by atoms with van der Waals surface area (Å²) in [5.41, 5.74) is 3.71. The smallest absolute Gasteiger partial charge is 0.253 e. The molecule has 0 unspecified atom stereocenters. The number of hydrogen-bond acceptors (Lipinski definition) is 3. The molecule has 2 heterocycles. The molecule has 0 fully saturated rings. The number of hydrogen-bond donors (Lipinski definition) is 1. The standard InChI is InChI=1S/C17H17N3O2/c1-12(21)20-8-6-14-9-13(4-5-16(14)20)10-19-17(22)15-3-2-7-18-11-15/h2-5,7,9,11H,6,8,10H2,1H3,(H,19,22). The van der Waals surface area contributed by atoms with Crippen LogP contribution < -0.4 is 10.2 Å². The van der Waals surface area contributed by atoms with Gasteiger partial charge in [-0.25, -0.2) is 0 Å². The summed E-state index contributed by atoms with van der Waals surface area (Å²) in [5.74, 6) is -0.0738. The fourth-order valence-electron chi connectivity index (χ4n) is 2.67. The zero-order valence-electron chi connectivity index (χ0n) is 12.4. The minimum Gasteiger partial charge on any atom is -0.348 e. The third-order valence-electron chi connectivity index (χ3n) is 3.80. The lowest BCUT2D eigenvalue weighted by Crippen LogP contribution is -2.25. The van der Waals surface area contributed by atoms with Crippen molar-refractivity contribution in [1.82, 2.24) is 10.3 Å². The highest BCUT2D eigenvalue weighted by Crippen LogP contribution is 2.28. The molecule has 112 valence electrons. The van der Waals surface area contributed by atoms with E-state index in [0.29, 0.717) is 12.1 Å². The number of nitrogens with one attached hydrogen (secondary N) is 1. The van der Waals surface area contributed by atoms with Crippen LogP contribution in [0, 0.1) is 0 Å². The molecule has 22 heavy (non-hydrogen) atoms. The van der Waals surface area contributed by atoms with Gasteiger partial charge in [0.25, 0.3) is 5.91 Å². The molecule has 5 nitrogen and oxygen atoms in total. The van der Waals surface area contributed by atoms with Gasteiger partial charge in [-0.3, -0.25) is 14.6 Å². The van der Waals surface area contributed by atoms with Gasteiger partial charge in [-0.05, 0) is 35.7 Å². The number of benzene rings is 1. The Morgan fingerprint density at radius 3 is 2.91 bits per heavy atom. The topological polar surface area (TPSA) is 62.3 Å². The van der Waals surface area contributed by atoms with Crippen LogP contribution in [0.25, 0.3) is 0 Å². The van der Waals surface area contributed by atoms with E-state index in [1.54, 1.807) is 36.4 Å². The SMILES string of the molecule is CC(=O)N1CCc2cc(CNC(=O)c3cccnc3)ccc21. The molecule has 0 saturated heterocycles. The lowest BCUT2D eigenvalue weighted by atomic mass is 10.1. The van der Waals surface area contributed by atoms with E-state index in [-0.39, 0.29) is 11.8 Å². The summed E-state index contributed by atoms with van der Waals surface area (Å²) in [6.07, 6.45) is 4.04. The van der Waals surface area contributed by atoms with Crippen molar-refractivity contribution >= 4 is 17.5 Å². The van der Waals surface area contributed by atoms with Crippen LogP contribution in [0.4, 0.5) is 5.69 Å². The van der Waals surface area contributed by atoms with E-state index in [1.807, 2.05) is 12.1 Å². The number of nitrogens with zero attached hydrogens (tertiary/aromatic N) is 2. The number of carbonyl (C=O) groups excluding carboxylic acids is 2. The summed E-state index contributed by atoms with van der Waals surface area (Å²) >= 11 is 0. The average Bonchev–Trinajstić information content (AvgIpc) is 2.96. The maximum absolute atomic E-state index is 12.0. The minimum absolute atomic E-state index is 0.0661. The summed E-state index contributed by atoms with van der Waals surface area (Å²) in [4.78, 5) is 29.2. The summed E-state index contributed by atoms with van der Waals surface area (Å²) in [6.45, 7) is 2.77. The van der Waals surface area contributed by atoms with Gasteiger partial charge in [0, 0.05) is 38.1 Å². The molecule has 0 atom stereocenters. The molecule has 3 rings (SSSR count). The number of pyridine rings is 1. The first-order valence-corrected chi connectivity index (χ1v) is 7.23. The van der Waals surface area contributed by atoms with Gasteiger partial charge in [0.2, 0.25) is 5.91 Å². The molecule has 2 amide bonds. The van der Waals surface area contributed by atoms with E-state index < -0.39 is 0 Å².